The largest absolute Gasteiger partial charge is 0.391 e. The zero-order valence-corrected chi connectivity index (χ0v) is 11.5. The SMILES string of the molecule is NCC1(N2CCCCCC2)CCCC(C(F)(F)F)C1. The highest BCUT2D eigenvalue weighted by atomic mass is 19.4. The van der Waals surface area contributed by atoms with E-state index in [9.17, 15) is 13.2 Å². The number of rotatable bonds is 2. The van der Waals surface area contributed by atoms with Crippen molar-refractivity contribution in [1.29, 1.82) is 0 Å². The topological polar surface area (TPSA) is 29.3 Å². The number of halogens is 3. The van der Waals surface area contributed by atoms with Crippen LogP contribution in [0.1, 0.15) is 51.4 Å². The van der Waals surface area contributed by atoms with Gasteiger partial charge in [-0.05, 0) is 45.2 Å². The van der Waals surface area contributed by atoms with Crippen molar-refractivity contribution in [1.82, 2.24) is 4.90 Å². The van der Waals surface area contributed by atoms with E-state index in [0.29, 0.717) is 13.0 Å². The summed E-state index contributed by atoms with van der Waals surface area (Å²) in [6.45, 7) is 2.20. The van der Waals surface area contributed by atoms with Gasteiger partial charge in [-0.25, -0.2) is 0 Å². The molecule has 0 spiro atoms. The Morgan fingerprint density at radius 1 is 1.05 bits per heavy atom. The molecule has 1 saturated carbocycles. The van der Waals surface area contributed by atoms with Crippen LogP contribution in [-0.2, 0) is 0 Å². The molecule has 2 nitrogen and oxygen atoms in total. The van der Waals surface area contributed by atoms with Crippen molar-refractivity contribution in [3.05, 3.63) is 0 Å². The van der Waals surface area contributed by atoms with E-state index >= 15 is 0 Å². The van der Waals surface area contributed by atoms with Crippen LogP contribution in [0, 0.1) is 5.92 Å². The highest BCUT2D eigenvalue weighted by Gasteiger charge is 2.49. The average Bonchev–Trinajstić information content (AvgIpc) is 2.67. The molecule has 0 aromatic rings. The number of nitrogens with two attached hydrogens (primary N) is 1. The van der Waals surface area contributed by atoms with Crippen LogP contribution in [0.3, 0.4) is 0 Å². The minimum Gasteiger partial charge on any atom is -0.329 e. The summed E-state index contributed by atoms with van der Waals surface area (Å²) in [5.41, 5.74) is 5.52. The highest BCUT2D eigenvalue weighted by Crippen LogP contribution is 2.44. The summed E-state index contributed by atoms with van der Waals surface area (Å²) in [6.07, 6.45) is 2.48. The average molecular weight is 278 g/mol. The monoisotopic (exact) mass is 278 g/mol. The maximum atomic E-state index is 13.0. The van der Waals surface area contributed by atoms with E-state index in [0.717, 1.165) is 32.4 Å². The van der Waals surface area contributed by atoms with Crippen molar-refractivity contribution in [2.45, 2.75) is 63.1 Å². The van der Waals surface area contributed by atoms with Gasteiger partial charge in [0.15, 0.2) is 0 Å². The first-order valence-corrected chi connectivity index (χ1v) is 7.50. The Balaban J connectivity index is 2.11. The van der Waals surface area contributed by atoms with Crippen LogP contribution < -0.4 is 5.73 Å². The summed E-state index contributed by atoms with van der Waals surface area (Å²) in [5.74, 6) is -1.16. The number of alkyl halides is 3. The summed E-state index contributed by atoms with van der Waals surface area (Å²) in [4.78, 5) is 2.28. The molecule has 2 rings (SSSR count). The Hall–Kier alpha value is -0.290. The predicted octanol–water partition coefficient (Wildman–Crippen LogP) is 3.31. The van der Waals surface area contributed by atoms with Crippen molar-refractivity contribution >= 4 is 0 Å². The predicted molar refractivity (Wildman–Crippen MR) is 69.8 cm³/mol. The molecule has 112 valence electrons. The lowest BCUT2D eigenvalue weighted by atomic mass is 9.74. The lowest BCUT2D eigenvalue weighted by molar-refractivity contribution is -0.193. The van der Waals surface area contributed by atoms with Gasteiger partial charge in [0.25, 0.3) is 0 Å². The second-order valence-corrected chi connectivity index (χ2v) is 6.16. The third-order valence-electron chi connectivity index (χ3n) is 4.94. The van der Waals surface area contributed by atoms with Crippen LogP contribution in [0.25, 0.3) is 0 Å². The molecule has 5 heteroatoms. The van der Waals surface area contributed by atoms with Crippen LogP contribution in [0.5, 0.6) is 0 Å². The number of likely N-dealkylation sites (tertiary alicyclic amines) is 1. The van der Waals surface area contributed by atoms with Crippen LogP contribution in [0.15, 0.2) is 0 Å². The molecule has 1 heterocycles. The second kappa shape index (κ2) is 6.00. The smallest absolute Gasteiger partial charge is 0.329 e. The van der Waals surface area contributed by atoms with Crippen molar-refractivity contribution in [2.75, 3.05) is 19.6 Å². The van der Waals surface area contributed by atoms with Gasteiger partial charge in [-0.2, -0.15) is 13.2 Å². The number of hydrogen-bond donors (Lipinski definition) is 1. The van der Waals surface area contributed by atoms with E-state index in [4.69, 9.17) is 5.73 Å². The molecule has 2 unspecified atom stereocenters. The molecule has 1 aliphatic heterocycles. The fourth-order valence-corrected chi connectivity index (χ4v) is 3.77. The lowest BCUT2D eigenvalue weighted by Crippen LogP contribution is -2.57. The van der Waals surface area contributed by atoms with Crippen molar-refractivity contribution in [2.24, 2.45) is 11.7 Å². The van der Waals surface area contributed by atoms with Gasteiger partial charge in [0.1, 0.15) is 0 Å². The van der Waals surface area contributed by atoms with Gasteiger partial charge in [0.2, 0.25) is 0 Å². The Bertz CT molecular complexity index is 285. The standard InChI is InChI=1S/C14H25F3N2/c15-14(16,17)12-6-5-7-13(10-12,11-18)19-8-3-1-2-4-9-19/h12H,1-11,18H2. The van der Waals surface area contributed by atoms with Crippen molar-refractivity contribution in [3.63, 3.8) is 0 Å². The maximum absolute atomic E-state index is 13.0. The summed E-state index contributed by atoms with van der Waals surface area (Å²) in [5, 5.41) is 0. The normalized spacial score (nSPS) is 35.1. The fourth-order valence-electron chi connectivity index (χ4n) is 3.77. The first-order valence-electron chi connectivity index (χ1n) is 7.50. The van der Waals surface area contributed by atoms with Crippen molar-refractivity contribution in [3.8, 4) is 0 Å². The number of hydrogen-bond acceptors (Lipinski definition) is 2. The summed E-state index contributed by atoms with van der Waals surface area (Å²) in [7, 11) is 0. The van der Waals surface area contributed by atoms with E-state index in [1.165, 1.54) is 12.8 Å². The van der Waals surface area contributed by atoms with Gasteiger partial charge in [0.05, 0.1) is 5.92 Å². The van der Waals surface area contributed by atoms with E-state index < -0.39 is 17.6 Å². The van der Waals surface area contributed by atoms with Crippen molar-refractivity contribution < 1.29 is 13.2 Å². The summed E-state index contributed by atoms with van der Waals surface area (Å²) >= 11 is 0. The van der Waals surface area contributed by atoms with E-state index in [1.807, 2.05) is 0 Å². The molecule has 2 aliphatic rings. The molecule has 0 aromatic carbocycles. The third-order valence-corrected chi connectivity index (χ3v) is 4.94. The Labute approximate surface area is 113 Å². The second-order valence-electron chi connectivity index (χ2n) is 6.16. The highest BCUT2D eigenvalue weighted by molar-refractivity contribution is 4.98. The molecular formula is C14H25F3N2. The summed E-state index contributed by atoms with van der Waals surface area (Å²) in [6, 6.07) is 0. The Kier molecular flexibility index (Phi) is 4.77. The molecule has 1 aliphatic carbocycles. The lowest BCUT2D eigenvalue weighted by Gasteiger charge is -2.48. The van der Waals surface area contributed by atoms with Gasteiger partial charge in [-0.15, -0.1) is 0 Å². The fraction of sp³-hybridized carbons (Fsp3) is 1.00. The molecule has 2 N–H and O–H groups in total. The van der Waals surface area contributed by atoms with Crippen LogP contribution >= 0.6 is 0 Å². The van der Waals surface area contributed by atoms with Crippen LogP contribution in [-0.4, -0.2) is 36.2 Å². The minimum atomic E-state index is -4.06. The van der Waals surface area contributed by atoms with Crippen LogP contribution in [0.2, 0.25) is 0 Å². The van der Waals surface area contributed by atoms with Gasteiger partial charge in [-0.1, -0.05) is 19.3 Å². The Morgan fingerprint density at radius 2 is 1.68 bits per heavy atom. The maximum Gasteiger partial charge on any atom is 0.391 e. The van der Waals surface area contributed by atoms with Gasteiger partial charge < -0.3 is 5.73 Å². The molecule has 2 atom stereocenters. The Morgan fingerprint density at radius 3 is 2.21 bits per heavy atom. The zero-order valence-electron chi connectivity index (χ0n) is 11.5. The first kappa shape index (κ1) is 15.1. The van der Waals surface area contributed by atoms with E-state index in [2.05, 4.69) is 4.90 Å². The minimum absolute atomic E-state index is 0.201. The quantitative estimate of drug-likeness (QED) is 0.839. The molecule has 19 heavy (non-hydrogen) atoms. The number of nitrogens with zero attached hydrogens (tertiary/aromatic N) is 1. The van der Waals surface area contributed by atoms with Gasteiger partial charge >= 0.3 is 6.18 Å². The van der Waals surface area contributed by atoms with E-state index in [1.54, 1.807) is 0 Å². The molecule has 1 saturated heterocycles. The summed E-state index contributed by atoms with van der Waals surface area (Å²) < 4.78 is 39.0. The van der Waals surface area contributed by atoms with Gasteiger partial charge in [0, 0.05) is 12.1 Å². The van der Waals surface area contributed by atoms with Crippen LogP contribution in [0.4, 0.5) is 13.2 Å². The third kappa shape index (κ3) is 3.43. The molecule has 0 bridgehead atoms. The van der Waals surface area contributed by atoms with E-state index in [-0.39, 0.29) is 12.8 Å². The molecule has 0 aromatic heterocycles. The zero-order chi connectivity index (χ0) is 13.9. The first-order chi connectivity index (χ1) is 8.98. The van der Waals surface area contributed by atoms with Gasteiger partial charge in [-0.3, -0.25) is 4.90 Å². The molecule has 0 radical (unpaired) electrons. The molecule has 2 fully saturated rings. The molecular weight excluding hydrogens is 253 g/mol. The molecule has 0 amide bonds.